The van der Waals surface area contributed by atoms with Crippen molar-refractivity contribution in [1.82, 2.24) is 0 Å². The molecule has 0 aliphatic carbocycles. The smallest absolute Gasteiger partial charge is 0.143 e. The van der Waals surface area contributed by atoms with Crippen LogP contribution < -0.4 is 0 Å². The van der Waals surface area contributed by atoms with Gasteiger partial charge < -0.3 is 4.42 Å². The van der Waals surface area contributed by atoms with E-state index < -0.39 is 0 Å². The van der Waals surface area contributed by atoms with Gasteiger partial charge in [-0.1, -0.05) is 164 Å². The summed E-state index contributed by atoms with van der Waals surface area (Å²) in [6.07, 6.45) is 0. The van der Waals surface area contributed by atoms with Crippen molar-refractivity contribution in [1.29, 1.82) is 0 Å². The zero-order valence-electron chi connectivity index (χ0n) is 28.9. The average Bonchev–Trinajstić information content (AvgIpc) is 3.64. The Morgan fingerprint density at radius 2 is 0.717 bits per heavy atom. The van der Waals surface area contributed by atoms with E-state index in [0.29, 0.717) is 0 Å². The van der Waals surface area contributed by atoms with Gasteiger partial charge in [0, 0.05) is 21.5 Å². The van der Waals surface area contributed by atoms with Gasteiger partial charge in [-0.05, 0) is 107 Å². The van der Waals surface area contributed by atoms with Crippen LogP contribution in [0.25, 0.3) is 110 Å². The normalized spacial score (nSPS) is 11.8. The van der Waals surface area contributed by atoms with E-state index in [1.54, 1.807) is 0 Å². The molecule has 1 heterocycles. The van der Waals surface area contributed by atoms with Crippen molar-refractivity contribution < 1.29 is 4.42 Å². The number of fused-ring (bicyclic) bond motifs is 9. The first-order valence-electron chi connectivity index (χ1n) is 18.3. The molecule has 0 N–H and O–H groups in total. The summed E-state index contributed by atoms with van der Waals surface area (Å²) in [6.45, 7) is 0. The van der Waals surface area contributed by atoms with Crippen molar-refractivity contribution in [2.24, 2.45) is 0 Å². The molecule has 53 heavy (non-hydrogen) atoms. The lowest BCUT2D eigenvalue weighted by Gasteiger charge is -2.20. The maximum Gasteiger partial charge on any atom is 0.143 e. The van der Waals surface area contributed by atoms with Crippen LogP contribution in [0.15, 0.2) is 199 Å². The molecule has 0 bridgehead atoms. The summed E-state index contributed by atoms with van der Waals surface area (Å²) in [5.74, 6) is 0. The number of hydrogen-bond donors (Lipinski definition) is 0. The van der Waals surface area contributed by atoms with E-state index in [0.717, 1.165) is 32.7 Å². The van der Waals surface area contributed by atoms with Crippen LogP contribution in [0.2, 0.25) is 0 Å². The van der Waals surface area contributed by atoms with Gasteiger partial charge in [0.1, 0.15) is 11.2 Å². The van der Waals surface area contributed by atoms with Crippen LogP contribution >= 0.6 is 0 Å². The van der Waals surface area contributed by atoms with Crippen LogP contribution in [0.4, 0.5) is 0 Å². The average molecular weight is 673 g/mol. The summed E-state index contributed by atoms with van der Waals surface area (Å²) in [5.41, 5.74) is 11.5. The molecule has 1 nitrogen and oxygen atoms in total. The second-order valence-corrected chi connectivity index (χ2v) is 14.0. The highest BCUT2D eigenvalue weighted by atomic mass is 16.3. The van der Waals surface area contributed by atoms with Gasteiger partial charge in [-0.3, -0.25) is 0 Å². The van der Waals surface area contributed by atoms with Crippen molar-refractivity contribution in [3.63, 3.8) is 0 Å². The van der Waals surface area contributed by atoms with Gasteiger partial charge in [0.05, 0.1) is 0 Å². The molecule has 0 amide bonds. The van der Waals surface area contributed by atoms with Gasteiger partial charge in [0.2, 0.25) is 0 Å². The fourth-order valence-electron chi connectivity index (χ4n) is 8.63. The number of furan rings is 1. The molecule has 11 aromatic rings. The lowest BCUT2D eigenvalue weighted by Crippen LogP contribution is -1.93. The van der Waals surface area contributed by atoms with E-state index >= 15 is 0 Å². The minimum atomic E-state index is 0.935. The second kappa shape index (κ2) is 11.8. The largest absolute Gasteiger partial charge is 0.455 e. The van der Waals surface area contributed by atoms with Crippen LogP contribution in [-0.4, -0.2) is 0 Å². The topological polar surface area (TPSA) is 13.1 Å². The maximum atomic E-state index is 6.97. The zero-order valence-corrected chi connectivity index (χ0v) is 28.9. The molecule has 0 spiro atoms. The molecule has 0 unspecified atom stereocenters. The monoisotopic (exact) mass is 672 g/mol. The van der Waals surface area contributed by atoms with E-state index in [2.05, 4.69) is 194 Å². The van der Waals surface area contributed by atoms with Crippen molar-refractivity contribution in [2.45, 2.75) is 0 Å². The first-order valence-corrected chi connectivity index (χ1v) is 18.3. The van der Waals surface area contributed by atoms with Gasteiger partial charge in [-0.2, -0.15) is 0 Å². The molecular formula is C52H32O. The minimum absolute atomic E-state index is 0.935. The first-order chi connectivity index (χ1) is 26.3. The molecule has 0 saturated carbocycles. The zero-order chi connectivity index (χ0) is 34.9. The Bertz CT molecular complexity index is 3090. The third kappa shape index (κ3) is 4.64. The van der Waals surface area contributed by atoms with Crippen LogP contribution in [0.5, 0.6) is 0 Å². The summed E-state index contributed by atoms with van der Waals surface area (Å²) in [7, 11) is 0. The maximum absolute atomic E-state index is 6.97. The van der Waals surface area contributed by atoms with Gasteiger partial charge >= 0.3 is 0 Å². The van der Waals surface area contributed by atoms with E-state index in [4.69, 9.17) is 4.42 Å². The van der Waals surface area contributed by atoms with E-state index in [1.165, 1.54) is 76.8 Å². The number of benzene rings is 10. The summed E-state index contributed by atoms with van der Waals surface area (Å²) in [6, 6.07) is 70.5. The van der Waals surface area contributed by atoms with Crippen molar-refractivity contribution >= 4 is 65.0 Å². The van der Waals surface area contributed by atoms with Crippen LogP contribution in [0, 0.1) is 0 Å². The van der Waals surface area contributed by atoms with E-state index in [1.807, 2.05) is 0 Å². The lowest BCUT2D eigenvalue weighted by atomic mass is 9.83. The third-order valence-electron chi connectivity index (χ3n) is 11.0. The second-order valence-electron chi connectivity index (χ2n) is 14.0. The van der Waals surface area contributed by atoms with Crippen LogP contribution in [-0.2, 0) is 0 Å². The van der Waals surface area contributed by atoms with Gasteiger partial charge in [0.25, 0.3) is 0 Å². The van der Waals surface area contributed by atoms with Crippen LogP contribution in [0.3, 0.4) is 0 Å². The third-order valence-corrected chi connectivity index (χ3v) is 11.0. The Hall–Kier alpha value is -6.96. The summed E-state index contributed by atoms with van der Waals surface area (Å²) < 4.78 is 6.97. The fraction of sp³-hybridized carbons (Fsp3) is 0. The standard InChI is InChI=1S/C52H32O/c1-3-15-33(16-4-1)37-29-38(34-17-5-2-6-18-34)31-39(30-37)48-42-23-11-13-25-44(42)49(45-26-14-12-24-43(45)48)47-32-36-20-8-10-22-41(36)52-50(47)46-28-27-35-19-7-9-21-40(35)51(46)53-52/h1-32H. The summed E-state index contributed by atoms with van der Waals surface area (Å²) >= 11 is 0. The molecule has 0 fully saturated rings. The fourth-order valence-corrected chi connectivity index (χ4v) is 8.63. The molecule has 11 rings (SSSR count). The highest BCUT2D eigenvalue weighted by Crippen LogP contribution is 2.50. The SMILES string of the molecule is c1ccc(-c2cc(-c3ccccc3)cc(-c3c4ccccc4c(-c4cc5ccccc5c5oc6c7ccccc7ccc6c45)c4ccccc34)c2)cc1. The van der Waals surface area contributed by atoms with Crippen LogP contribution in [0.1, 0.15) is 0 Å². The number of hydrogen-bond acceptors (Lipinski definition) is 1. The molecule has 0 aliphatic heterocycles. The molecule has 0 radical (unpaired) electrons. The highest BCUT2D eigenvalue weighted by molar-refractivity contribution is 6.30. The summed E-state index contributed by atoms with van der Waals surface area (Å²) in [5, 5.41) is 11.8. The molecule has 1 heteroatoms. The van der Waals surface area contributed by atoms with Gasteiger partial charge in [0.15, 0.2) is 0 Å². The van der Waals surface area contributed by atoms with Gasteiger partial charge in [-0.15, -0.1) is 0 Å². The molecule has 0 atom stereocenters. The molecule has 0 saturated heterocycles. The number of rotatable bonds is 4. The highest BCUT2D eigenvalue weighted by Gasteiger charge is 2.23. The van der Waals surface area contributed by atoms with Crippen molar-refractivity contribution in [2.75, 3.05) is 0 Å². The Kier molecular flexibility index (Phi) is 6.62. The Morgan fingerprint density at radius 3 is 1.30 bits per heavy atom. The van der Waals surface area contributed by atoms with Crippen molar-refractivity contribution in [3.05, 3.63) is 194 Å². The molecule has 10 aromatic carbocycles. The molecular weight excluding hydrogens is 641 g/mol. The Balaban J connectivity index is 1.28. The predicted octanol–water partition coefficient (Wildman–Crippen LogP) is 14.9. The molecule has 1 aromatic heterocycles. The first kappa shape index (κ1) is 29.7. The van der Waals surface area contributed by atoms with E-state index in [-0.39, 0.29) is 0 Å². The Morgan fingerprint density at radius 1 is 0.264 bits per heavy atom. The minimum Gasteiger partial charge on any atom is -0.455 e. The van der Waals surface area contributed by atoms with Gasteiger partial charge in [-0.25, -0.2) is 0 Å². The quantitative estimate of drug-likeness (QED) is 0.170. The molecule has 246 valence electrons. The van der Waals surface area contributed by atoms with E-state index in [9.17, 15) is 0 Å². The Labute approximate surface area is 307 Å². The molecule has 0 aliphatic rings. The van der Waals surface area contributed by atoms with Crippen molar-refractivity contribution in [3.8, 4) is 44.5 Å². The summed E-state index contributed by atoms with van der Waals surface area (Å²) in [4.78, 5) is 0. The predicted molar refractivity (Wildman–Crippen MR) is 225 cm³/mol. The lowest BCUT2D eigenvalue weighted by molar-refractivity contribution is 0.676.